The Labute approximate surface area is 244 Å². The number of hydrogen-bond donors (Lipinski definition) is 2. The molecule has 206 valence electrons. The van der Waals surface area contributed by atoms with E-state index in [2.05, 4.69) is 43.4 Å². The lowest BCUT2D eigenvalue weighted by Gasteiger charge is -2.33. The molecule has 5 rings (SSSR count). The number of ether oxygens (including phenoxy) is 1. The predicted molar refractivity (Wildman–Crippen MR) is 161 cm³/mol. The largest absolute Gasteiger partial charge is 0.496 e. The summed E-state index contributed by atoms with van der Waals surface area (Å²) in [6.07, 6.45) is 1.97. The van der Waals surface area contributed by atoms with Gasteiger partial charge in [0.05, 0.1) is 27.8 Å². The maximum absolute atomic E-state index is 13.3. The number of nitrogens with one attached hydrogen (secondary N) is 2. The fourth-order valence-corrected chi connectivity index (χ4v) is 5.36. The summed E-state index contributed by atoms with van der Waals surface area (Å²) >= 11 is 8.88. The second kappa shape index (κ2) is 11.6. The highest BCUT2D eigenvalue weighted by Gasteiger charge is 2.24. The number of nitrogens with zero attached hydrogens (tertiary/aromatic N) is 3. The number of anilines is 2. The maximum atomic E-state index is 13.3. The van der Waals surface area contributed by atoms with E-state index >= 15 is 0 Å². The molecule has 4 aromatic rings. The number of carbonyl (C=O) groups excluding carboxylic acids is 1. The highest BCUT2D eigenvalue weighted by atomic mass is 79.9. The van der Waals surface area contributed by atoms with Crippen LogP contribution in [0.1, 0.15) is 30.1 Å². The molecule has 1 aliphatic rings. The van der Waals surface area contributed by atoms with Gasteiger partial charge >= 0.3 is 0 Å². The molecular weight excluding hydrogens is 598 g/mol. The molecule has 0 saturated carbocycles. The molecule has 1 fully saturated rings. The molecule has 0 spiro atoms. The molecular formula is C28H26BrN5O5S. The van der Waals surface area contributed by atoms with Crippen molar-refractivity contribution >= 4 is 67.3 Å². The van der Waals surface area contributed by atoms with Gasteiger partial charge in [-0.1, -0.05) is 6.92 Å². The number of aromatic nitrogens is 1. The Hall–Kier alpha value is -4.03. The third-order valence-electron chi connectivity index (χ3n) is 6.83. The molecule has 2 N–H and O–H groups in total. The van der Waals surface area contributed by atoms with Crippen LogP contribution in [0.25, 0.3) is 22.6 Å². The second-order valence-electron chi connectivity index (χ2n) is 9.59. The molecule has 1 aromatic heterocycles. The number of rotatable bonds is 6. The second-order valence-corrected chi connectivity index (χ2v) is 10.8. The summed E-state index contributed by atoms with van der Waals surface area (Å²) < 4.78 is 12.0. The van der Waals surface area contributed by atoms with Gasteiger partial charge in [-0.2, -0.15) is 0 Å². The van der Waals surface area contributed by atoms with Crippen molar-refractivity contribution in [2.24, 2.45) is 5.92 Å². The third-order valence-corrected chi connectivity index (χ3v) is 7.65. The zero-order valence-corrected chi connectivity index (χ0v) is 24.2. The minimum absolute atomic E-state index is 0.0527. The fraction of sp³-hybridized carbons (Fsp3) is 0.250. The minimum Gasteiger partial charge on any atom is -0.496 e. The molecule has 0 atom stereocenters. The van der Waals surface area contributed by atoms with Crippen molar-refractivity contribution in [3.8, 4) is 17.2 Å². The average molecular weight is 625 g/mol. The van der Waals surface area contributed by atoms with Crippen molar-refractivity contribution in [3.63, 3.8) is 0 Å². The molecule has 1 aliphatic heterocycles. The van der Waals surface area contributed by atoms with Crippen molar-refractivity contribution < 1.29 is 18.9 Å². The standard InChI is InChI=1S/C28H26BrN5O5S/c1-16-9-11-33(12-10-16)23-6-5-19(34(36)37)15-20(23)26(35)32-28(40)30-18-4-8-25-22(14-18)31-27(39-25)17-3-7-24(38-2)21(29)13-17/h3-8,13-16H,9-12H2,1-2H3,(H2,30,32,35,40). The van der Waals surface area contributed by atoms with Crippen molar-refractivity contribution in [2.45, 2.75) is 19.8 Å². The Morgan fingerprint density at radius 3 is 2.65 bits per heavy atom. The van der Waals surface area contributed by atoms with Gasteiger partial charge in [0.15, 0.2) is 10.7 Å². The monoisotopic (exact) mass is 623 g/mol. The summed E-state index contributed by atoms with van der Waals surface area (Å²) in [5, 5.41) is 17.1. The number of nitro benzene ring substituents is 1. The van der Waals surface area contributed by atoms with Crippen LogP contribution >= 0.6 is 28.1 Å². The summed E-state index contributed by atoms with van der Waals surface area (Å²) in [5.74, 6) is 1.21. The van der Waals surface area contributed by atoms with E-state index < -0.39 is 10.8 Å². The average Bonchev–Trinajstić information content (AvgIpc) is 3.36. The number of halogens is 1. The zero-order chi connectivity index (χ0) is 28.4. The van der Waals surface area contributed by atoms with E-state index in [4.69, 9.17) is 21.4 Å². The molecule has 3 aromatic carbocycles. The first kappa shape index (κ1) is 27.5. The number of non-ortho nitro benzene ring substituents is 1. The van der Waals surface area contributed by atoms with Gasteiger partial charge in [0.25, 0.3) is 11.6 Å². The molecule has 0 aliphatic carbocycles. The van der Waals surface area contributed by atoms with E-state index in [0.29, 0.717) is 40.0 Å². The van der Waals surface area contributed by atoms with Gasteiger partial charge in [0.2, 0.25) is 5.89 Å². The number of methoxy groups -OCH3 is 1. The lowest BCUT2D eigenvalue weighted by Crippen LogP contribution is -2.37. The number of piperidine rings is 1. The molecule has 12 heteroatoms. The number of nitro groups is 1. The quantitative estimate of drug-likeness (QED) is 0.140. The van der Waals surface area contributed by atoms with Crippen LogP contribution in [-0.2, 0) is 0 Å². The van der Waals surface area contributed by atoms with E-state index in [-0.39, 0.29) is 16.4 Å². The van der Waals surface area contributed by atoms with Gasteiger partial charge in [0, 0.05) is 36.5 Å². The van der Waals surface area contributed by atoms with Crippen LogP contribution in [0.5, 0.6) is 5.75 Å². The van der Waals surface area contributed by atoms with Crippen LogP contribution in [0, 0.1) is 16.0 Å². The Kier molecular flexibility index (Phi) is 7.99. The van der Waals surface area contributed by atoms with Crippen LogP contribution in [0.2, 0.25) is 0 Å². The van der Waals surface area contributed by atoms with Gasteiger partial charge in [0.1, 0.15) is 11.3 Å². The summed E-state index contributed by atoms with van der Waals surface area (Å²) in [6.45, 7) is 3.74. The molecule has 0 bridgehead atoms. The first-order valence-corrected chi connectivity index (χ1v) is 13.8. The summed E-state index contributed by atoms with van der Waals surface area (Å²) in [7, 11) is 1.60. The van der Waals surface area contributed by atoms with Crippen molar-refractivity contribution in [2.75, 3.05) is 30.4 Å². The first-order chi connectivity index (χ1) is 19.2. The number of fused-ring (bicyclic) bond motifs is 1. The highest BCUT2D eigenvalue weighted by Crippen LogP contribution is 2.33. The van der Waals surface area contributed by atoms with E-state index in [9.17, 15) is 14.9 Å². The topological polar surface area (TPSA) is 123 Å². The van der Waals surface area contributed by atoms with Gasteiger partial charge in [-0.05, 0) is 89.4 Å². The summed E-state index contributed by atoms with van der Waals surface area (Å²) in [4.78, 5) is 30.8. The van der Waals surface area contributed by atoms with E-state index in [1.807, 2.05) is 18.2 Å². The van der Waals surface area contributed by atoms with Crippen LogP contribution in [0.15, 0.2) is 63.5 Å². The highest BCUT2D eigenvalue weighted by molar-refractivity contribution is 9.10. The smallest absolute Gasteiger partial charge is 0.270 e. The fourth-order valence-electron chi connectivity index (χ4n) is 4.61. The Balaban J connectivity index is 1.32. The zero-order valence-electron chi connectivity index (χ0n) is 21.8. The lowest BCUT2D eigenvalue weighted by molar-refractivity contribution is -0.384. The molecule has 40 heavy (non-hydrogen) atoms. The van der Waals surface area contributed by atoms with Crippen molar-refractivity contribution in [1.82, 2.24) is 10.3 Å². The Morgan fingerprint density at radius 1 is 1.18 bits per heavy atom. The molecule has 2 heterocycles. The predicted octanol–water partition coefficient (Wildman–Crippen LogP) is 6.54. The van der Waals surface area contributed by atoms with Crippen molar-refractivity contribution in [3.05, 3.63) is 74.7 Å². The number of oxazole rings is 1. The normalized spacial score (nSPS) is 13.7. The van der Waals surface area contributed by atoms with E-state index in [0.717, 1.165) is 36.0 Å². The number of carbonyl (C=O) groups is 1. The van der Waals surface area contributed by atoms with E-state index in [1.54, 1.807) is 31.4 Å². The summed E-state index contributed by atoms with van der Waals surface area (Å²) in [6, 6.07) is 15.2. The Bertz CT molecular complexity index is 1620. The van der Waals surface area contributed by atoms with Crippen LogP contribution in [0.4, 0.5) is 17.1 Å². The van der Waals surface area contributed by atoms with Gasteiger partial charge < -0.3 is 19.4 Å². The van der Waals surface area contributed by atoms with Gasteiger partial charge in [-0.3, -0.25) is 20.2 Å². The first-order valence-electron chi connectivity index (χ1n) is 12.6. The number of benzene rings is 3. The molecule has 0 unspecified atom stereocenters. The van der Waals surface area contributed by atoms with Crippen LogP contribution in [0.3, 0.4) is 0 Å². The van der Waals surface area contributed by atoms with Gasteiger partial charge in [-0.15, -0.1) is 0 Å². The number of hydrogen-bond acceptors (Lipinski definition) is 8. The maximum Gasteiger partial charge on any atom is 0.270 e. The van der Waals surface area contributed by atoms with Crippen LogP contribution < -0.4 is 20.3 Å². The van der Waals surface area contributed by atoms with E-state index in [1.165, 1.54) is 12.1 Å². The SMILES string of the molecule is COc1ccc(-c2nc3cc(NC(=S)NC(=O)c4cc([N+](=O)[O-])ccc4N4CCC(C)CC4)ccc3o2)cc1Br. The minimum atomic E-state index is -0.523. The molecule has 10 nitrogen and oxygen atoms in total. The lowest BCUT2D eigenvalue weighted by atomic mass is 9.98. The summed E-state index contributed by atoms with van der Waals surface area (Å²) in [5.41, 5.74) is 3.25. The third kappa shape index (κ3) is 5.92. The van der Waals surface area contributed by atoms with Gasteiger partial charge in [-0.25, -0.2) is 4.98 Å². The molecule has 1 saturated heterocycles. The molecule has 1 amide bonds. The Morgan fingerprint density at radius 2 is 1.95 bits per heavy atom. The number of thiocarbonyl (C=S) groups is 1. The number of amides is 1. The van der Waals surface area contributed by atoms with Crippen molar-refractivity contribution in [1.29, 1.82) is 0 Å². The molecule has 0 radical (unpaired) electrons. The van der Waals surface area contributed by atoms with Crippen LogP contribution in [-0.4, -0.2) is 41.1 Å².